The van der Waals surface area contributed by atoms with Gasteiger partial charge in [-0.2, -0.15) is 0 Å². The Morgan fingerprint density at radius 1 is 0.603 bits per heavy atom. The number of benzene rings is 2. The first-order chi connectivity index (χ1) is 36.8. The van der Waals surface area contributed by atoms with Crippen molar-refractivity contribution in [1.82, 2.24) is 10.6 Å². The SMILES string of the molecule is CC[C@H]1O[C@@H](O[C@@H]2[C@@H](C)[C@H](C)C[C@H](NC(=O)OCc3ccccc3)[C@H]2O[C@H]2O[C@H](CO[Si](C)(C)C(C)(C)C)[C@@H](O)[C@H](OC(C)=O)[C@H]2C)[C@H](OC(C)=O)[C@@H]1O[C@H]1O[C@@H](CNC(=O)OCc2ccccc2)[C@@H](OC(C)=O)[C@H](C)[C@H]1C. The number of esters is 3. The highest BCUT2D eigenvalue weighted by atomic mass is 28.4. The second kappa shape index (κ2) is 27.6. The van der Waals surface area contributed by atoms with E-state index < -0.39 is 136 Å². The summed E-state index contributed by atoms with van der Waals surface area (Å²) in [4.78, 5) is 65.0. The average molecular weight is 1120 g/mol. The van der Waals surface area contributed by atoms with Crippen LogP contribution in [0.25, 0.3) is 0 Å². The van der Waals surface area contributed by atoms with Gasteiger partial charge in [0.1, 0.15) is 55.9 Å². The van der Waals surface area contributed by atoms with Crippen LogP contribution in [0.3, 0.4) is 0 Å². The maximum absolute atomic E-state index is 13.8. The first-order valence-electron chi connectivity index (χ1n) is 27.5. The molecule has 2 aromatic carbocycles. The highest BCUT2D eigenvalue weighted by molar-refractivity contribution is 6.74. The summed E-state index contributed by atoms with van der Waals surface area (Å²) in [7, 11) is -2.38. The van der Waals surface area contributed by atoms with Crippen molar-refractivity contribution < 1.29 is 85.6 Å². The number of hydrogen-bond acceptors (Lipinski definition) is 18. The summed E-state index contributed by atoms with van der Waals surface area (Å²) in [6.45, 7) is 25.7. The third-order valence-electron chi connectivity index (χ3n) is 16.2. The first kappa shape index (κ1) is 62.5. The molecule has 4 aliphatic rings. The van der Waals surface area contributed by atoms with Gasteiger partial charge < -0.3 is 72.3 Å². The number of carbonyl (C=O) groups is 5. The van der Waals surface area contributed by atoms with E-state index in [9.17, 15) is 29.1 Å². The molecule has 3 N–H and O–H groups in total. The second-order valence-corrected chi connectivity index (χ2v) is 27.8. The Balaban J connectivity index is 1.29. The minimum Gasteiger partial charge on any atom is -0.459 e. The lowest BCUT2D eigenvalue weighted by Gasteiger charge is -2.49. The van der Waals surface area contributed by atoms with Gasteiger partial charge >= 0.3 is 30.1 Å². The van der Waals surface area contributed by atoms with Crippen molar-refractivity contribution in [1.29, 1.82) is 0 Å². The van der Waals surface area contributed by atoms with Crippen LogP contribution in [-0.4, -0.2) is 143 Å². The lowest BCUT2D eigenvalue weighted by molar-refractivity contribution is -0.321. The van der Waals surface area contributed by atoms with Crippen LogP contribution in [0.15, 0.2) is 60.7 Å². The van der Waals surface area contributed by atoms with Crippen LogP contribution in [0.2, 0.25) is 18.1 Å². The molecule has 19 atom stereocenters. The molecule has 20 nitrogen and oxygen atoms in total. The minimum atomic E-state index is -2.38. The number of ether oxygens (including phenoxy) is 11. The number of hydrogen-bond donors (Lipinski definition) is 3. The first-order valence-corrected chi connectivity index (χ1v) is 30.4. The van der Waals surface area contributed by atoms with Gasteiger partial charge in [0.25, 0.3) is 0 Å². The smallest absolute Gasteiger partial charge is 0.407 e. The molecule has 4 fully saturated rings. The zero-order valence-electron chi connectivity index (χ0n) is 47.9. The number of rotatable bonds is 20. The summed E-state index contributed by atoms with van der Waals surface area (Å²) >= 11 is 0. The van der Waals surface area contributed by atoms with E-state index in [0.717, 1.165) is 11.1 Å². The highest BCUT2D eigenvalue weighted by Crippen LogP contribution is 2.43. The van der Waals surface area contributed by atoms with Crippen LogP contribution in [0, 0.1) is 29.6 Å². The number of aliphatic hydroxyl groups is 1. The third kappa shape index (κ3) is 16.2. The quantitative estimate of drug-likeness (QED) is 0.0653. The van der Waals surface area contributed by atoms with Crippen molar-refractivity contribution in [2.45, 2.75) is 213 Å². The van der Waals surface area contributed by atoms with Gasteiger partial charge in [-0.25, -0.2) is 9.59 Å². The summed E-state index contributed by atoms with van der Waals surface area (Å²) in [6.07, 6.45) is -13.8. The van der Waals surface area contributed by atoms with Crippen molar-refractivity contribution in [2.24, 2.45) is 29.6 Å². The molecule has 1 saturated carbocycles. The molecule has 3 heterocycles. The maximum atomic E-state index is 13.8. The molecule has 3 aliphatic heterocycles. The maximum Gasteiger partial charge on any atom is 0.407 e. The van der Waals surface area contributed by atoms with Crippen LogP contribution in [-0.2, 0) is 84.1 Å². The van der Waals surface area contributed by atoms with Crippen LogP contribution in [0.1, 0.15) is 107 Å². The number of aliphatic hydroxyl groups excluding tert-OH is 1. The topological polar surface area (TPSA) is 240 Å². The Hall–Kier alpha value is -4.71. The molecular weight excluding hydrogens is 1030 g/mol. The predicted octanol–water partition coefficient (Wildman–Crippen LogP) is 7.71. The fourth-order valence-corrected chi connectivity index (χ4v) is 11.3. The summed E-state index contributed by atoms with van der Waals surface area (Å²) < 4.78 is 76.4. The Bertz CT molecular complexity index is 2270. The fraction of sp³-hybridized carbons (Fsp3) is 0.702. The van der Waals surface area contributed by atoms with E-state index >= 15 is 0 Å². The predicted molar refractivity (Wildman–Crippen MR) is 285 cm³/mol. The van der Waals surface area contributed by atoms with E-state index in [-0.39, 0.29) is 49.2 Å². The number of alkyl carbamates (subject to hydrolysis) is 2. The molecule has 2 aromatic rings. The van der Waals surface area contributed by atoms with Crippen molar-refractivity contribution in [3.8, 4) is 0 Å². The van der Waals surface area contributed by atoms with E-state index in [2.05, 4.69) is 44.5 Å². The van der Waals surface area contributed by atoms with Crippen LogP contribution < -0.4 is 10.6 Å². The standard InChI is InChI=1S/C57H86N2O18Si/c1-15-42-50(77-52-34(5)33(4)46(69-36(7)60)43(73-52)27-58-55(64)66-28-39-22-18-16-19-23-39)51(71-38(9)62)54(72-42)75-48-32(3)31(2)26-41(59-56(65)67-29-40-24-20-17-21-25-40)49(48)76-53-35(6)47(70-37(8)61)45(63)44(74-53)30-68-78(13,14)57(10,11)12/h16-25,31-35,41-54,63H,15,26-30H2,1-14H3,(H,58,64)(H,59,65)/t31-,32+,33-,34-,35-,41+,42-,43+,44-,45-,46+,47-,48-,49-,50-,51-,52-,53-,54+/m1/s1. The Labute approximate surface area is 460 Å². The highest BCUT2D eigenvalue weighted by Gasteiger charge is 2.56. The van der Waals surface area contributed by atoms with Crippen molar-refractivity contribution in [2.75, 3.05) is 13.2 Å². The second-order valence-electron chi connectivity index (χ2n) is 23.0. The van der Waals surface area contributed by atoms with Crippen molar-refractivity contribution in [3.63, 3.8) is 0 Å². The Kier molecular flexibility index (Phi) is 22.1. The van der Waals surface area contributed by atoms with Gasteiger partial charge in [0.05, 0.1) is 31.4 Å². The van der Waals surface area contributed by atoms with Gasteiger partial charge in [-0.05, 0) is 53.9 Å². The molecule has 21 heteroatoms. The number of carbonyl (C=O) groups excluding carboxylic acids is 5. The zero-order chi connectivity index (χ0) is 57.2. The van der Waals surface area contributed by atoms with E-state index in [1.54, 1.807) is 6.92 Å². The molecule has 0 unspecified atom stereocenters. The molecule has 3 saturated heterocycles. The van der Waals surface area contributed by atoms with E-state index in [0.29, 0.717) is 12.8 Å². The molecule has 0 radical (unpaired) electrons. The van der Waals surface area contributed by atoms with E-state index in [1.165, 1.54) is 20.8 Å². The summed E-state index contributed by atoms with van der Waals surface area (Å²) in [5.74, 6) is -3.66. The van der Waals surface area contributed by atoms with Gasteiger partial charge in [0, 0.05) is 38.5 Å². The van der Waals surface area contributed by atoms with E-state index in [4.69, 9.17) is 56.5 Å². The minimum absolute atomic E-state index is 0.00226. The fourth-order valence-electron chi connectivity index (χ4n) is 10.2. The Morgan fingerprint density at radius 3 is 1.67 bits per heavy atom. The molecular formula is C57H86N2O18Si. The lowest BCUT2D eigenvalue weighted by atomic mass is 9.75. The van der Waals surface area contributed by atoms with Gasteiger partial charge in [-0.15, -0.1) is 0 Å². The Morgan fingerprint density at radius 2 is 1.10 bits per heavy atom. The third-order valence-corrected chi connectivity index (χ3v) is 20.7. The molecule has 1 aliphatic carbocycles. The monoisotopic (exact) mass is 1110 g/mol. The number of nitrogens with one attached hydrogen (secondary N) is 2. The molecule has 2 amide bonds. The molecule has 0 spiro atoms. The lowest BCUT2D eigenvalue weighted by Crippen LogP contribution is -2.63. The van der Waals surface area contributed by atoms with Gasteiger partial charge in [-0.3, -0.25) is 14.4 Å². The summed E-state index contributed by atoms with van der Waals surface area (Å²) in [5.41, 5.74) is 1.59. The summed E-state index contributed by atoms with van der Waals surface area (Å²) in [6, 6.07) is 17.7. The van der Waals surface area contributed by atoms with Crippen LogP contribution >= 0.6 is 0 Å². The van der Waals surface area contributed by atoms with Gasteiger partial charge in [0.15, 0.2) is 33.3 Å². The molecule has 0 aromatic heterocycles. The van der Waals surface area contributed by atoms with Crippen molar-refractivity contribution >= 4 is 38.4 Å². The summed E-state index contributed by atoms with van der Waals surface area (Å²) in [5, 5.41) is 17.4. The average Bonchev–Trinajstić information content (AvgIpc) is 3.72. The van der Waals surface area contributed by atoms with Crippen molar-refractivity contribution in [3.05, 3.63) is 71.8 Å². The normalized spacial score (nSPS) is 34.2. The van der Waals surface area contributed by atoms with Crippen LogP contribution in [0.4, 0.5) is 9.59 Å². The molecule has 0 bridgehead atoms. The zero-order valence-corrected chi connectivity index (χ0v) is 48.9. The van der Waals surface area contributed by atoms with Gasteiger partial charge in [-0.1, -0.05) is 123 Å². The number of amides is 2. The molecule has 436 valence electrons. The van der Waals surface area contributed by atoms with Gasteiger partial charge in [0.2, 0.25) is 0 Å². The van der Waals surface area contributed by atoms with E-state index in [1.807, 2.05) is 95.3 Å². The van der Waals surface area contributed by atoms with Crippen LogP contribution in [0.5, 0.6) is 0 Å². The molecule has 6 rings (SSSR count). The molecule has 78 heavy (non-hydrogen) atoms. The largest absolute Gasteiger partial charge is 0.459 e.